The van der Waals surface area contributed by atoms with Gasteiger partial charge >= 0.3 is 5.97 Å². The van der Waals surface area contributed by atoms with Gasteiger partial charge in [0, 0.05) is 37.7 Å². The number of ether oxygens (including phenoxy) is 1. The Morgan fingerprint density at radius 1 is 1.23 bits per heavy atom. The van der Waals surface area contributed by atoms with E-state index in [0.717, 1.165) is 30.4 Å². The molecule has 2 rings (SSSR count). The Morgan fingerprint density at radius 2 is 1.97 bits per heavy atom. The molecule has 4 atom stereocenters. The van der Waals surface area contributed by atoms with Crippen LogP contribution in [0.1, 0.15) is 63.0 Å². The van der Waals surface area contributed by atoms with E-state index >= 15 is 0 Å². The molecule has 0 amide bonds. The predicted octanol–water partition coefficient (Wildman–Crippen LogP) is 3.67. The summed E-state index contributed by atoms with van der Waals surface area (Å²) >= 11 is 0. The Balaban J connectivity index is 1.85. The number of benzene rings is 1. The molecule has 1 fully saturated rings. The van der Waals surface area contributed by atoms with Gasteiger partial charge in [-0.1, -0.05) is 55.7 Å². The first-order chi connectivity index (χ1) is 14.9. The van der Waals surface area contributed by atoms with Crippen LogP contribution in [0.2, 0.25) is 0 Å². The molecule has 31 heavy (non-hydrogen) atoms. The molecular formula is C25H36O6. The largest absolute Gasteiger partial charge is 0.481 e. The van der Waals surface area contributed by atoms with Crippen LogP contribution in [0.3, 0.4) is 0 Å². The van der Waals surface area contributed by atoms with E-state index in [9.17, 15) is 19.8 Å². The highest BCUT2D eigenvalue weighted by atomic mass is 16.5. The summed E-state index contributed by atoms with van der Waals surface area (Å²) in [5.41, 5.74) is 2.08. The number of unbranched alkanes of at least 4 members (excludes halogenated alkanes) is 3. The maximum atomic E-state index is 12.3. The summed E-state index contributed by atoms with van der Waals surface area (Å²) in [7, 11) is 0. The SMILES string of the molecule is CCOCc1cccc(C[C@H](O)/C=C/[C@H]2[C@H](O)CC(=O)[C@@H]2CCCCCCC(=O)O)c1. The minimum Gasteiger partial charge on any atom is -0.481 e. The van der Waals surface area contributed by atoms with Crippen molar-refractivity contribution in [2.75, 3.05) is 6.61 Å². The molecule has 1 aliphatic rings. The average molecular weight is 433 g/mol. The van der Waals surface area contributed by atoms with Crippen molar-refractivity contribution >= 4 is 11.8 Å². The number of carbonyl (C=O) groups excluding carboxylic acids is 1. The number of carboxylic acids is 1. The van der Waals surface area contributed by atoms with Crippen LogP contribution in [-0.2, 0) is 27.4 Å². The Hall–Kier alpha value is -2.02. The molecule has 0 bridgehead atoms. The van der Waals surface area contributed by atoms with E-state index in [1.807, 2.05) is 31.2 Å². The zero-order valence-electron chi connectivity index (χ0n) is 18.4. The smallest absolute Gasteiger partial charge is 0.303 e. The standard InChI is InChI=1S/C25H36O6/c1-2-31-17-19-9-7-8-18(14-19)15-20(26)12-13-22-21(23(27)16-24(22)28)10-5-3-4-6-11-25(29)30/h7-9,12-14,20-22,24,26,28H,2-6,10-11,15-17H2,1H3,(H,29,30)/b13-12+/t20-,21-,22-,24-/m1/s1. The van der Waals surface area contributed by atoms with Crippen LogP contribution < -0.4 is 0 Å². The first-order valence-corrected chi connectivity index (χ1v) is 11.3. The zero-order valence-corrected chi connectivity index (χ0v) is 18.4. The lowest BCUT2D eigenvalue weighted by Gasteiger charge is -2.18. The Bertz CT molecular complexity index is 728. The Morgan fingerprint density at radius 3 is 2.71 bits per heavy atom. The number of ketones is 1. The second-order valence-corrected chi connectivity index (χ2v) is 8.38. The summed E-state index contributed by atoms with van der Waals surface area (Å²) < 4.78 is 5.43. The quantitative estimate of drug-likeness (QED) is 0.306. The summed E-state index contributed by atoms with van der Waals surface area (Å²) in [6.45, 7) is 3.15. The van der Waals surface area contributed by atoms with E-state index in [4.69, 9.17) is 9.84 Å². The number of rotatable bonds is 14. The second-order valence-electron chi connectivity index (χ2n) is 8.38. The number of carboxylic acid groups (broad SMARTS) is 1. The molecule has 3 N–H and O–H groups in total. The molecule has 1 aromatic rings. The van der Waals surface area contributed by atoms with Crippen LogP contribution in [-0.4, -0.2) is 45.9 Å². The van der Waals surface area contributed by atoms with Crippen molar-refractivity contribution < 1.29 is 29.6 Å². The van der Waals surface area contributed by atoms with Gasteiger partial charge in [0.2, 0.25) is 0 Å². The molecule has 172 valence electrons. The third-order valence-electron chi connectivity index (χ3n) is 5.85. The Kier molecular flexibility index (Phi) is 10.9. The molecule has 0 spiro atoms. The monoisotopic (exact) mass is 432 g/mol. The lowest BCUT2D eigenvalue weighted by molar-refractivity contribution is -0.137. The predicted molar refractivity (Wildman–Crippen MR) is 119 cm³/mol. The van der Waals surface area contributed by atoms with Gasteiger partial charge in [0.1, 0.15) is 5.78 Å². The van der Waals surface area contributed by atoms with E-state index < -0.39 is 18.2 Å². The van der Waals surface area contributed by atoms with Crippen molar-refractivity contribution in [1.82, 2.24) is 0 Å². The van der Waals surface area contributed by atoms with Crippen LogP contribution in [0.15, 0.2) is 36.4 Å². The van der Waals surface area contributed by atoms with E-state index in [0.29, 0.717) is 32.5 Å². The lowest BCUT2D eigenvalue weighted by atomic mass is 9.88. The summed E-state index contributed by atoms with van der Waals surface area (Å²) in [5.74, 6) is -1.21. The number of aliphatic carboxylic acids is 1. The fourth-order valence-electron chi connectivity index (χ4n) is 4.22. The van der Waals surface area contributed by atoms with Gasteiger partial charge in [-0.2, -0.15) is 0 Å². The zero-order chi connectivity index (χ0) is 22.6. The first-order valence-electron chi connectivity index (χ1n) is 11.3. The summed E-state index contributed by atoms with van der Waals surface area (Å²) in [6, 6.07) is 7.93. The highest BCUT2D eigenvalue weighted by molar-refractivity contribution is 5.84. The minimum atomic E-state index is -0.779. The van der Waals surface area contributed by atoms with Gasteiger partial charge in [0.25, 0.3) is 0 Å². The first kappa shape index (κ1) is 25.2. The number of carbonyl (C=O) groups is 2. The van der Waals surface area contributed by atoms with Gasteiger partial charge in [-0.15, -0.1) is 0 Å². The molecule has 0 saturated heterocycles. The van der Waals surface area contributed by atoms with Crippen LogP contribution >= 0.6 is 0 Å². The average Bonchev–Trinajstić information content (AvgIpc) is 2.99. The van der Waals surface area contributed by atoms with Gasteiger partial charge in [-0.3, -0.25) is 9.59 Å². The molecule has 0 radical (unpaired) electrons. The number of aliphatic hydroxyl groups is 2. The van der Waals surface area contributed by atoms with E-state index in [1.54, 1.807) is 12.2 Å². The van der Waals surface area contributed by atoms with Crippen LogP contribution in [0.5, 0.6) is 0 Å². The molecule has 0 unspecified atom stereocenters. The lowest BCUT2D eigenvalue weighted by Crippen LogP contribution is -2.19. The highest BCUT2D eigenvalue weighted by Crippen LogP contribution is 2.34. The number of hydrogen-bond acceptors (Lipinski definition) is 5. The molecular weight excluding hydrogens is 396 g/mol. The Labute approximate surface area is 184 Å². The van der Waals surface area contributed by atoms with E-state index in [-0.39, 0.29) is 30.5 Å². The van der Waals surface area contributed by atoms with Crippen LogP contribution in [0.4, 0.5) is 0 Å². The molecule has 1 aromatic carbocycles. The summed E-state index contributed by atoms with van der Waals surface area (Å²) in [5, 5.41) is 29.5. The van der Waals surface area contributed by atoms with Crippen molar-refractivity contribution in [3.8, 4) is 0 Å². The third-order valence-corrected chi connectivity index (χ3v) is 5.85. The topological polar surface area (TPSA) is 104 Å². The van der Waals surface area contributed by atoms with Gasteiger partial charge < -0.3 is 20.1 Å². The van der Waals surface area contributed by atoms with Gasteiger partial charge in [0.15, 0.2) is 0 Å². The van der Waals surface area contributed by atoms with E-state index in [1.165, 1.54) is 0 Å². The number of aliphatic hydroxyl groups excluding tert-OH is 2. The second kappa shape index (κ2) is 13.4. The maximum Gasteiger partial charge on any atom is 0.303 e. The summed E-state index contributed by atoms with van der Waals surface area (Å²) in [6.07, 6.45) is 6.79. The van der Waals surface area contributed by atoms with Crippen LogP contribution in [0.25, 0.3) is 0 Å². The van der Waals surface area contributed by atoms with Crippen molar-refractivity contribution in [1.29, 1.82) is 0 Å². The van der Waals surface area contributed by atoms with Crippen LogP contribution in [0, 0.1) is 11.8 Å². The van der Waals surface area contributed by atoms with Crippen molar-refractivity contribution in [3.63, 3.8) is 0 Å². The minimum absolute atomic E-state index is 0.0748. The molecule has 0 aromatic heterocycles. The molecule has 0 aliphatic heterocycles. The fourth-order valence-corrected chi connectivity index (χ4v) is 4.22. The highest BCUT2D eigenvalue weighted by Gasteiger charge is 2.39. The molecule has 6 nitrogen and oxygen atoms in total. The van der Waals surface area contributed by atoms with Gasteiger partial charge in [0.05, 0.1) is 18.8 Å². The van der Waals surface area contributed by atoms with Crippen molar-refractivity contribution in [2.24, 2.45) is 11.8 Å². The van der Waals surface area contributed by atoms with Crippen molar-refractivity contribution in [3.05, 3.63) is 47.5 Å². The molecule has 6 heteroatoms. The van der Waals surface area contributed by atoms with E-state index in [2.05, 4.69) is 0 Å². The normalized spacial score (nSPS) is 22.3. The molecule has 0 heterocycles. The number of hydrogen-bond donors (Lipinski definition) is 3. The maximum absolute atomic E-state index is 12.3. The molecule has 1 saturated carbocycles. The molecule has 1 aliphatic carbocycles. The summed E-state index contributed by atoms with van der Waals surface area (Å²) in [4.78, 5) is 22.9. The number of Topliss-reactive ketones (excluding diaryl/α,β-unsaturated/α-hetero) is 1. The van der Waals surface area contributed by atoms with Gasteiger partial charge in [-0.05, 0) is 30.9 Å². The third kappa shape index (κ3) is 8.93. The van der Waals surface area contributed by atoms with Crippen molar-refractivity contribution in [2.45, 2.75) is 77.1 Å². The fraction of sp³-hybridized carbons (Fsp3) is 0.600. The van der Waals surface area contributed by atoms with Gasteiger partial charge in [-0.25, -0.2) is 0 Å².